The molecule has 0 aliphatic carbocycles. The Morgan fingerprint density at radius 2 is 1.80 bits per heavy atom. The molecule has 0 saturated carbocycles. The van der Waals surface area contributed by atoms with E-state index in [1.165, 1.54) is 5.56 Å². The largest absolute Gasteiger partial charge is 0.493 e. The van der Waals surface area contributed by atoms with Crippen molar-refractivity contribution in [2.24, 2.45) is 0 Å². The number of ether oxygens (including phenoxy) is 1. The molecular weight excluding hydrogens is 336 g/mol. The molecule has 0 saturated heterocycles. The van der Waals surface area contributed by atoms with Crippen molar-refractivity contribution in [3.8, 4) is 5.75 Å². The molecule has 2 aromatic rings. The SMILES string of the molecule is Clc1ccc(OCCCCBr)c(Cc2ccccc2)c1. The first-order chi connectivity index (χ1) is 9.79. The monoisotopic (exact) mass is 352 g/mol. The Hall–Kier alpha value is -0.990. The van der Waals surface area contributed by atoms with Crippen LogP contribution in [0.25, 0.3) is 0 Å². The van der Waals surface area contributed by atoms with E-state index in [2.05, 4.69) is 40.2 Å². The van der Waals surface area contributed by atoms with Crippen molar-refractivity contribution in [2.75, 3.05) is 11.9 Å². The highest BCUT2D eigenvalue weighted by atomic mass is 79.9. The van der Waals surface area contributed by atoms with Crippen LogP contribution in [0.2, 0.25) is 5.02 Å². The average molecular weight is 354 g/mol. The van der Waals surface area contributed by atoms with Crippen molar-refractivity contribution < 1.29 is 4.74 Å². The summed E-state index contributed by atoms with van der Waals surface area (Å²) in [5.41, 5.74) is 2.41. The predicted molar refractivity (Wildman–Crippen MR) is 89.2 cm³/mol. The molecule has 0 atom stereocenters. The Balaban J connectivity index is 2.07. The van der Waals surface area contributed by atoms with E-state index in [1.807, 2.05) is 24.3 Å². The molecule has 0 aliphatic heterocycles. The number of unbranched alkanes of at least 4 members (excludes halogenated alkanes) is 1. The third-order valence-corrected chi connectivity index (χ3v) is 3.84. The van der Waals surface area contributed by atoms with E-state index in [1.54, 1.807) is 0 Å². The zero-order valence-corrected chi connectivity index (χ0v) is 13.7. The summed E-state index contributed by atoms with van der Waals surface area (Å²) >= 11 is 9.54. The Morgan fingerprint density at radius 1 is 1.00 bits per heavy atom. The first-order valence-electron chi connectivity index (χ1n) is 6.80. The van der Waals surface area contributed by atoms with Crippen LogP contribution < -0.4 is 4.74 Å². The van der Waals surface area contributed by atoms with Crippen LogP contribution in [-0.2, 0) is 6.42 Å². The van der Waals surface area contributed by atoms with Gasteiger partial charge in [-0.2, -0.15) is 0 Å². The van der Waals surface area contributed by atoms with Gasteiger partial charge in [-0.25, -0.2) is 0 Å². The van der Waals surface area contributed by atoms with E-state index in [0.717, 1.165) is 47.5 Å². The summed E-state index contributed by atoms with van der Waals surface area (Å²) in [7, 11) is 0. The van der Waals surface area contributed by atoms with Gasteiger partial charge in [0.25, 0.3) is 0 Å². The normalized spacial score (nSPS) is 10.5. The van der Waals surface area contributed by atoms with Crippen molar-refractivity contribution >= 4 is 27.5 Å². The van der Waals surface area contributed by atoms with E-state index in [0.29, 0.717) is 0 Å². The molecule has 2 aromatic carbocycles. The van der Waals surface area contributed by atoms with Crippen molar-refractivity contribution in [1.82, 2.24) is 0 Å². The second-order valence-corrected chi connectivity index (χ2v) is 5.89. The van der Waals surface area contributed by atoms with E-state index >= 15 is 0 Å². The maximum Gasteiger partial charge on any atom is 0.122 e. The molecule has 3 heteroatoms. The molecule has 0 radical (unpaired) electrons. The standard InChI is InChI=1S/C17H18BrClO/c18-10-4-5-11-20-17-9-8-16(19)13-15(17)12-14-6-2-1-3-7-14/h1-3,6-9,13H,4-5,10-12H2. The lowest BCUT2D eigenvalue weighted by atomic mass is 10.0. The highest BCUT2D eigenvalue weighted by Gasteiger charge is 2.06. The lowest BCUT2D eigenvalue weighted by molar-refractivity contribution is 0.307. The van der Waals surface area contributed by atoms with Crippen LogP contribution >= 0.6 is 27.5 Å². The van der Waals surface area contributed by atoms with Crippen molar-refractivity contribution in [3.63, 3.8) is 0 Å². The van der Waals surface area contributed by atoms with Gasteiger partial charge in [-0.1, -0.05) is 57.9 Å². The van der Waals surface area contributed by atoms with E-state index in [4.69, 9.17) is 16.3 Å². The summed E-state index contributed by atoms with van der Waals surface area (Å²) in [5.74, 6) is 0.938. The molecule has 0 unspecified atom stereocenters. The van der Waals surface area contributed by atoms with Gasteiger partial charge in [0.05, 0.1) is 6.61 Å². The Morgan fingerprint density at radius 3 is 2.55 bits per heavy atom. The Labute approximate surface area is 134 Å². The minimum absolute atomic E-state index is 0.745. The quantitative estimate of drug-likeness (QED) is 0.473. The van der Waals surface area contributed by atoms with Gasteiger partial charge in [0.2, 0.25) is 0 Å². The number of rotatable bonds is 7. The number of hydrogen-bond acceptors (Lipinski definition) is 1. The molecule has 0 heterocycles. The number of benzene rings is 2. The summed E-state index contributed by atoms with van der Waals surface area (Å²) in [6, 6.07) is 16.2. The van der Waals surface area contributed by atoms with Crippen LogP contribution in [0, 0.1) is 0 Å². The van der Waals surface area contributed by atoms with Gasteiger partial charge in [0.15, 0.2) is 0 Å². The summed E-state index contributed by atoms with van der Waals surface area (Å²) in [5, 5.41) is 1.78. The van der Waals surface area contributed by atoms with Crippen LogP contribution in [0.1, 0.15) is 24.0 Å². The van der Waals surface area contributed by atoms with Gasteiger partial charge < -0.3 is 4.74 Å². The van der Waals surface area contributed by atoms with Crippen LogP contribution in [-0.4, -0.2) is 11.9 Å². The number of hydrogen-bond donors (Lipinski definition) is 0. The fourth-order valence-electron chi connectivity index (χ4n) is 2.02. The van der Waals surface area contributed by atoms with Crippen LogP contribution in [0.5, 0.6) is 5.75 Å². The topological polar surface area (TPSA) is 9.23 Å². The van der Waals surface area contributed by atoms with Gasteiger partial charge >= 0.3 is 0 Å². The first kappa shape index (κ1) is 15.4. The smallest absolute Gasteiger partial charge is 0.122 e. The summed E-state index contributed by atoms with van der Waals surface area (Å²) < 4.78 is 5.89. The highest BCUT2D eigenvalue weighted by molar-refractivity contribution is 9.09. The molecule has 0 bridgehead atoms. The molecule has 0 N–H and O–H groups in total. The zero-order valence-electron chi connectivity index (χ0n) is 11.3. The number of halogens is 2. The molecule has 0 fully saturated rings. The molecule has 20 heavy (non-hydrogen) atoms. The summed E-state index contributed by atoms with van der Waals surface area (Å²) in [6.45, 7) is 0.745. The minimum Gasteiger partial charge on any atom is -0.493 e. The molecule has 0 aliphatic rings. The second kappa shape index (κ2) is 8.33. The molecule has 0 aromatic heterocycles. The summed E-state index contributed by atoms with van der Waals surface area (Å²) in [4.78, 5) is 0. The molecule has 2 rings (SSSR count). The van der Waals surface area contributed by atoms with E-state index in [-0.39, 0.29) is 0 Å². The fourth-order valence-corrected chi connectivity index (χ4v) is 2.61. The molecular formula is C17H18BrClO. The zero-order chi connectivity index (χ0) is 14.2. The van der Waals surface area contributed by atoms with E-state index < -0.39 is 0 Å². The molecule has 0 spiro atoms. The Bertz CT molecular complexity index is 528. The van der Waals surface area contributed by atoms with Crippen LogP contribution in [0.3, 0.4) is 0 Å². The highest BCUT2D eigenvalue weighted by Crippen LogP contribution is 2.25. The van der Waals surface area contributed by atoms with Crippen molar-refractivity contribution in [3.05, 3.63) is 64.7 Å². The van der Waals surface area contributed by atoms with Gasteiger partial charge in [0, 0.05) is 16.8 Å². The van der Waals surface area contributed by atoms with Gasteiger partial charge in [-0.05, 0) is 42.2 Å². The fraction of sp³-hybridized carbons (Fsp3) is 0.294. The Kier molecular flexibility index (Phi) is 6.41. The molecule has 1 nitrogen and oxygen atoms in total. The lowest BCUT2D eigenvalue weighted by Crippen LogP contribution is -2.01. The number of alkyl halides is 1. The minimum atomic E-state index is 0.745. The predicted octanol–water partition coefficient (Wildman–Crippen LogP) is 5.48. The summed E-state index contributed by atoms with van der Waals surface area (Å²) in [6.07, 6.45) is 3.02. The van der Waals surface area contributed by atoms with Crippen molar-refractivity contribution in [1.29, 1.82) is 0 Å². The second-order valence-electron chi connectivity index (χ2n) is 4.66. The van der Waals surface area contributed by atoms with Crippen molar-refractivity contribution in [2.45, 2.75) is 19.3 Å². The van der Waals surface area contributed by atoms with Crippen LogP contribution in [0.15, 0.2) is 48.5 Å². The molecule has 106 valence electrons. The third-order valence-electron chi connectivity index (χ3n) is 3.05. The molecule has 0 amide bonds. The maximum absolute atomic E-state index is 6.11. The van der Waals surface area contributed by atoms with Crippen LogP contribution in [0.4, 0.5) is 0 Å². The maximum atomic E-state index is 6.11. The third kappa shape index (κ3) is 4.84. The first-order valence-corrected chi connectivity index (χ1v) is 8.30. The van der Waals surface area contributed by atoms with E-state index in [9.17, 15) is 0 Å². The average Bonchev–Trinajstić information content (AvgIpc) is 2.47. The van der Waals surface area contributed by atoms with Gasteiger partial charge in [-0.3, -0.25) is 0 Å². The van der Waals surface area contributed by atoms with Gasteiger partial charge in [-0.15, -0.1) is 0 Å². The van der Waals surface area contributed by atoms with Gasteiger partial charge in [0.1, 0.15) is 5.75 Å². The lowest BCUT2D eigenvalue weighted by Gasteiger charge is -2.12.